The second kappa shape index (κ2) is 2.09. The molecule has 0 bridgehead atoms. The number of likely N-dealkylation sites (N-methyl/N-ethyl adjacent to an activating group) is 1. The second-order valence-corrected chi connectivity index (χ2v) is 4.45. The van der Waals surface area contributed by atoms with Crippen molar-refractivity contribution in [1.29, 1.82) is 0 Å². The van der Waals surface area contributed by atoms with Crippen LogP contribution in [0.15, 0.2) is 0 Å². The third kappa shape index (κ3) is 1.06. The summed E-state index contributed by atoms with van der Waals surface area (Å²) in [5.74, 6) is 0. The van der Waals surface area contributed by atoms with E-state index in [1.54, 1.807) is 0 Å². The van der Waals surface area contributed by atoms with E-state index in [4.69, 9.17) is 0 Å². The summed E-state index contributed by atoms with van der Waals surface area (Å²) in [6, 6.07) is 0. The maximum absolute atomic E-state index is 2.42. The molecule has 0 aromatic rings. The van der Waals surface area contributed by atoms with Gasteiger partial charge in [-0.25, -0.2) is 0 Å². The number of nitrogens with zero attached hydrogens (tertiary/aromatic N) is 1. The summed E-state index contributed by atoms with van der Waals surface area (Å²) in [6.07, 6.45) is 0. The first-order chi connectivity index (χ1) is 2.89. The summed E-state index contributed by atoms with van der Waals surface area (Å²) in [5.41, 5.74) is 0. The summed E-state index contributed by atoms with van der Waals surface area (Å²) >= 11 is 0.388. The monoisotopic (exact) mass is 200 g/mol. The van der Waals surface area contributed by atoms with Crippen LogP contribution in [0.3, 0.4) is 0 Å². The van der Waals surface area contributed by atoms with Gasteiger partial charge >= 0.3 is 48.5 Å². The van der Waals surface area contributed by atoms with E-state index in [0.717, 1.165) is 0 Å². The fourth-order valence-electron chi connectivity index (χ4n) is 0.442. The Kier molecular flexibility index (Phi) is 1.67. The molecule has 6 heavy (non-hydrogen) atoms. The van der Waals surface area contributed by atoms with Crippen LogP contribution < -0.4 is 25.3 Å². The fourth-order valence-corrected chi connectivity index (χ4v) is 2.23. The molecule has 0 atom stereocenters. The van der Waals surface area contributed by atoms with Gasteiger partial charge in [0.15, 0.2) is 0 Å². The van der Waals surface area contributed by atoms with Crippen molar-refractivity contribution >= 4 is 0 Å². The van der Waals surface area contributed by atoms with Gasteiger partial charge in [-0.3, -0.25) is 0 Å². The van der Waals surface area contributed by atoms with Crippen LogP contribution in [0.2, 0.25) is 0 Å². The van der Waals surface area contributed by atoms with Gasteiger partial charge in [-0.05, 0) is 0 Å². The summed E-state index contributed by atoms with van der Waals surface area (Å²) in [4.78, 5) is 0. The molecule has 2 N–H and O–H groups in total. The fraction of sp³-hybridized carbons (Fsp3) is 1.00. The molecule has 1 heterocycles. The zero-order valence-electron chi connectivity index (χ0n) is 3.82. The Morgan fingerprint density at radius 1 is 1.83 bits per heavy atom. The molecule has 0 aromatic carbocycles. The first kappa shape index (κ1) is 4.80. The van der Waals surface area contributed by atoms with E-state index in [-0.39, 0.29) is 0 Å². The Bertz CT molecular complexity index is 42.1. The minimum atomic E-state index is 0.388. The number of halogens is 1. The molecule has 3 heteroatoms. The van der Waals surface area contributed by atoms with Crippen LogP contribution in [0.4, 0.5) is 0 Å². The second-order valence-electron chi connectivity index (χ2n) is 1.37. The average Bonchev–Trinajstić information content (AvgIpc) is 1.86. The molecule has 0 radical (unpaired) electrons. The number of hydrogen-bond donors (Lipinski definition) is 1. The number of hydrogen-bond acceptors (Lipinski definition) is 1. The summed E-state index contributed by atoms with van der Waals surface area (Å²) in [7, 11) is 2.19. The topological polar surface area (TPSA) is 19.9 Å². The molecule has 0 aromatic heterocycles. The van der Waals surface area contributed by atoms with Crippen LogP contribution in [0, 0.1) is 0 Å². The summed E-state index contributed by atoms with van der Waals surface area (Å²) in [5, 5.41) is 0. The number of rotatable bonds is 0. The molecule has 0 spiro atoms. The molecule has 0 saturated carbocycles. The van der Waals surface area contributed by atoms with Crippen LogP contribution in [0.25, 0.3) is 0 Å². The Hall–Kier alpha value is 0.650. The van der Waals surface area contributed by atoms with Gasteiger partial charge in [0.2, 0.25) is 0 Å². The zero-order chi connectivity index (χ0) is 4.41. The molecule has 2 nitrogen and oxygen atoms in total. The van der Waals surface area contributed by atoms with E-state index >= 15 is 0 Å². The molecule has 38 valence electrons. The SMILES string of the molecule is CN1CC[NH2+][I-]1. The predicted octanol–water partition coefficient (Wildman–Crippen LogP) is -4.59. The van der Waals surface area contributed by atoms with E-state index in [9.17, 15) is 0 Å². The van der Waals surface area contributed by atoms with Gasteiger partial charge in [0, 0.05) is 0 Å². The molecule has 0 aliphatic carbocycles. The summed E-state index contributed by atoms with van der Waals surface area (Å²) < 4.78 is 4.83. The minimum absolute atomic E-state index is 0.388. The van der Waals surface area contributed by atoms with Crippen LogP contribution in [-0.2, 0) is 0 Å². The Morgan fingerprint density at radius 3 is 2.83 bits per heavy atom. The van der Waals surface area contributed by atoms with Crippen molar-refractivity contribution < 1.29 is 25.3 Å². The standard InChI is InChI=1S/C3H9IN2/c1-6-3-2-5-4-6/h2-3,5H2,1H3. The molecule has 1 rings (SSSR count). The third-order valence-corrected chi connectivity index (χ3v) is 3.23. The predicted molar refractivity (Wildman–Crippen MR) is 19.4 cm³/mol. The average molecular weight is 200 g/mol. The van der Waals surface area contributed by atoms with Crippen LogP contribution in [0.1, 0.15) is 0 Å². The molecular formula is C3H9IN2. The van der Waals surface area contributed by atoms with Crippen molar-refractivity contribution in [1.82, 2.24) is 3.11 Å². The van der Waals surface area contributed by atoms with E-state index in [0.29, 0.717) is 21.8 Å². The normalized spacial score (nSPS) is 26.8. The van der Waals surface area contributed by atoms with Crippen molar-refractivity contribution in [3.63, 3.8) is 0 Å². The molecule has 1 fully saturated rings. The van der Waals surface area contributed by atoms with Crippen molar-refractivity contribution in [3.05, 3.63) is 0 Å². The molecule has 0 amide bonds. The van der Waals surface area contributed by atoms with Gasteiger partial charge in [0.1, 0.15) is 0 Å². The molecule has 1 saturated heterocycles. The quantitative estimate of drug-likeness (QED) is 0.308. The van der Waals surface area contributed by atoms with Crippen LogP contribution in [0.5, 0.6) is 0 Å². The van der Waals surface area contributed by atoms with Crippen LogP contribution in [-0.4, -0.2) is 23.3 Å². The van der Waals surface area contributed by atoms with Crippen molar-refractivity contribution in [2.24, 2.45) is 0 Å². The molecule has 0 unspecified atom stereocenters. The van der Waals surface area contributed by atoms with Gasteiger partial charge in [-0.1, -0.05) is 0 Å². The zero-order valence-corrected chi connectivity index (χ0v) is 5.97. The molecular weight excluding hydrogens is 191 g/mol. The number of nitrogens with two attached hydrogens (primary N) is 1. The van der Waals surface area contributed by atoms with Gasteiger partial charge in [0.05, 0.1) is 0 Å². The maximum atomic E-state index is 2.42. The number of quaternary nitrogens is 1. The Labute approximate surface area is 48.9 Å². The van der Waals surface area contributed by atoms with Gasteiger partial charge in [-0.15, -0.1) is 0 Å². The van der Waals surface area contributed by atoms with Gasteiger partial charge < -0.3 is 0 Å². The Morgan fingerprint density at radius 2 is 2.67 bits per heavy atom. The van der Waals surface area contributed by atoms with E-state index in [1.807, 2.05) is 0 Å². The van der Waals surface area contributed by atoms with E-state index in [1.165, 1.54) is 13.1 Å². The molecule has 1 aliphatic rings. The molecule has 1 aliphatic heterocycles. The van der Waals surface area contributed by atoms with Crippen molar-refractivity contribution in [2.45, 2.75) is 0 Å². The summed E-state index contributed by atoms with van der Waals surface area (Å²) in [6.45, 7) is 2.65. The van der Waals surface area contributed by atoms with E-state index in [2.05, 4.69) is 13.7 Å². The first-order valence-electron chi connectivity index (χ1n) is 2.06. The van der Waals surface area contributed by atoms with Crippen LogP contribution >= 0.6 is 0 Å². The van der Waals surface area contributed by atoms with Gasteiger partial charge in [-0.2, -0.15) is 0 Å². The Balaban J connectivity index is 2.18. The van der Waals surface area contributed by atoms with E-state index < -0.39 is 0 Å². The van der Waals surface area contributed by atoms with Crippen molar-refractivity contribution in [3.8, 4) is 0 Å². The van der Waals surface area contributed by atoms with Crippen molar-refractivity contribution in [2.75, 3.05) is 20.1 Å². The third-order valence-electron chi connectivity index (χ3n) is 0.782. The first-order valence-corrected chi connectivity index (χ1v) is 4.27. The van der Waals surface area contributed by atoms with Gasteiger partial charge in [0.25, 0.3) is 0 Å².